The van der Waals surface area contributed by atoms with Crippen molar-refractivity contribution in [1.82, 2.24) is 9.55 Å². The van der Waals surface area contributed by atoms with Crippen LogP contribution in [0.3, 0.4) is 0 Å². The molecule has 3 nitrogen and oxygen atoms in total. The molecule has 3 aromatic rings. The maximum atomic E-state index is 6.34. The third-order valence-corrected chi connectivity index (χ3v) is 3.51. The Morgan fingerprint density at radius 1 is 1.11 bits per heavy atom. The first kappa shape index (κ1) is 11.9. The SMILES string of the molecule is Cc1ccc2c(c1)nc(C(N)c1ccccc1)n2C. The average molecular weight is 251 g/mol. The Morgan fingerprint density at radius 2 is 1.84 bits per heavy atom. The fraction of sp³-hybridized carbons (Fsp3) is 0.188. The van der Waals surface area contributed by atoms with Gasteiger partial charge in [0.2, 0.25) is 0 Å². The van der Waals surface area contributed by atoms with Gasteiger partial charge in [-0.05, 0) is 30.2 Å². The molecule has 0 bridgehead atoms. The van der Waals surface area contributed by atoms with Crippen LogP contribution in [0.1, 0.15) is 23.0 Å². The summed E-state index contributed by atoms with van der Waals surface area (Å²) in [6.07, 6.45) is 0. The predicted octanol–water partition coefficient (Wildman–Crippen LogP) is 2.93. The van der Waals surface area contributed by atoms with Crippen molar-refractivity contribution in [2.45, 2.75) is 13.0 Å². The molecule has 19 heavy (non-hydrogen) atoms. The van der Waals surface area contributed by atoms with E-state index in [0.29, 0.717) is 0 Å². The van der Waals surface area contributed by atoms with Crippen LogP contribution in [0.15, 0.2) is 48.5 Å². The van der Waals surface area contributed by atoms with Gasteiger partial charge in [0.15, 0.2) is 0 Å². The van der Waals surface area contributed by atoms with Gasteiger partial charge in [0.25, 0.3) is 0 Å². The molecule has 1 heterocycles. The van der Waals surface area contributed by atoms with E-state index in [0.717, 1.165) is 22.4 Å². The van der Waals surface area contributed by atoms with E-state index in [-0.39, 0.29) is 6.04 Å². The first-order chi connectivity index (χ1) is 9.16. The molecule has 0 amide bonds. The highest BCUT2D eigenvalue weighted by molar-refractivity contribution is 5.77. The monoisotopic (exact) mass is 251 g/mol. The van der Waals surface area contributed by atoms with Crippen LogP contribution in [0.5, 0.6) is 0 Å². The summed E-state index contributed by atoms with van der Waals surface area (Å²) < 4.78 is 2.08. The molecule has 0 aliphatic carbocycles. The second-order valence-electron chi connectivity index (χ2n) is 4.91. The van der Waals surface area contributed by atoms with Crippen LogP contribution >= 0.6 is 0 Å². The Morgan fingerprint density at radius 3 is 2.58 bits per heavy atom. The van der Waals surface area contributed by atoms with Gasteiger partial charge in [0, 0.05) is 7.05 Å². The minimum atomic E-state index is -0.195. The van der Waals surface area contributed by atoms with E-state index in [1.54, 1.807) is 0 Å². The van der Waals surface area contributed by atoms with Crippen molar-refractivity contribution in [3.05, 3.63) is 65.5 Å². The van der Waals surface area contributed by atoms with Crippen LogP contribution in [0.25, 0.3) is 11.0 Å². The first-order valence-electron chi connectivity index (χ1n) is 6.40. The Bertz CT molecular complexity index is 713. The van der Waals surface area contributed by atoms with E-state index in [9.17, 15) is 0 Å². The summed E-state index contributed by atoms with van der Waals surface area (Å²) in [5.74, 6) is 0.895. The molecule has 0 saturated carbocycles. The minimum Gasteiger partial charge on any atom is -0.330 e. The second kappa shape index (κ2) is 4.52. The van der Waals surface area contributed by atoms with Crippen LogP contribution in [-0.2, 0) is 7.05 Å². The molecule has 0 radical (unpaired) electrons. The van der Waals surface area contributed by atoms with Crippen molar-refractivity contribution in [2.24, 2.45) is 12.8 Å². The Hall–Kier alpha value is -2.13. The standard InChI is InChI=1S/C16H17N3/c1-11-8-9-14-13(10-11)18-16(19(14)2)15(17)12-6-4-3-5-7-12/h3-10,15H,17H2,1-2H3. The predicted molar refractivity (Wildman–Crippen MR) is 77.9 cm³/mol. The van der Waals surface area contributed by atoms with Gasteiger partial charge in [-0.2, -0.15) is 0 Å². The molecule has 1 unspecified atom stereocenters. The lowest BCUT2D eigenvalue weighted by atomic mass is 10.1. The van der Waals surface area contributed by atoms with E-state index in [1.807, 2.05) is 37.4 Å². The molecule has 2 aromatic carbocycles. The molecular formula is C16H17N3. The van der Waals surface area contributed by atoms with E-state index in [2.05, 4.69) is 34.7 Å². The first-order valence-corrected chi connectivity index (χ1v) is 6.40. The molecule has 0 aliphatic heterocycles. The maximum absolute atomic E-state index is 6.34. The fourth-order valence-electron chi connectivity index (χ4n) is 2.42. The van der Waals surface area contributed by atoms with Crippen molar-refractivity contribution in [3.63, 3.8) is 0 Å². The Kier molecular flexibility index (Phi) is 2.84. The number of nitrogens with zero attached hydrogens (tertiary/aromatic N) is 2. The number of aromatic nitrogens is 2. The van der Waals surface area contributed by atoms with Crippen LogP contribution in [0.2, 0.25) is 0 Å². The van der Waals surface area contributed by atoms with Gasteiger partial charge in [0.05, 0.1) is 17.1 Å². The highest BCUT2D eigenvalue weighted by atomic mass is 15.1. The summed E-state index contributed by atoms with van der Waals surface area (Å²) in [6, 6.07) is 16.2. The Balaban J connectivity index is 2.13. The maximum Gasteiger partial charge on any atom is 0.131 e. The van der Waals surface area contributed by atoms with Crippen molar-refractivity contribution >= 4 is 11.0 Å². The van der Waals surface area contributed by atoms with Crippen LogP contribution in [0, 0.1) is 6.92 Å². The highest BCUT2D eigenvalue weighted by Gasteiger charge is 2.16. The molecule has 0 aliphatic rings. The number of fused-ring (bicyclic) bond motifs is 1. The van der Waals surface area contributed by atoms with Gasteiger partial charge < -0.3 is 10.3 Å². The van der Waals surface area contributed by atoms with Gasteiger partial charge >= 0.3 is 0 Å². The molecule has 96 valence electrons. The van der Waals surface area contributed by atoms with Gasteiger partial charge in [0.1, 0.15) is 5.82 Å². The molecule has 0 saturated heterocycles. The topological polar surface area (TPSA) is 43.8 Å². The van der Waals surface area contributed by atoms with Crippen LogP contribution in [-0.4, -0.2) is 9.55 Å². The van der Waals surface area contributed by atoms with Crippen molar-refractivity contribution < 1.29 is 0 Å². The van der Waals surface area contributed by atoms with Gasteiger partial charge in [-0.25, -0.2) is 4.98 Å². The zero-order valence-electron chi connectivity index (χ0n) is 11.2. The number of benzene rings is 2. The molecule has 0 spiro atoms. The number of aryl methyl sites for hydroxylation is 2. The largest absolute Gasteiger partial charge is 0.330 e. The molecule has 2 N–H and O–H groups in total. The number of hydrogen-bond donors (Lipinski definition) is 1. The van der Waals surface area contributed by atoms with Gasteiger partial charge in [-0.15, -0.1) is 0 Å². The smallest absolute Gasteiger partial charge is 0.131 e. The zero-order valence-corrected chi connectivity index (χ0v) is 11.2. The molecule has 3 heteroatoms. The molecular weight excluding hydrogens is 234 g/mol. The molecule has 1 aromatic heterocycles. The quantitative estimate of drug-likeness (QED) is 0.761. The van der Waals surface area contributed by atoms with Crippen molar-refractivity contribution in [1.29, 1.82) is 0 Å². The average Bonchev–Trinajstić information content (AvgIpc) is 2.75. The van der Waals surface area contributed by atoms with Crippen molar-refractivity contribution in [3.8, 4) is 0 Å². The molecule has 0 fully saturated rings. The van der Waals surface area contributed by atoms with Gasteiger partial charge in [-0.3, -0.25) is 0 Å². The normalized spacial score (nSPS) is 12.8. The lowest BCUT2D eigenvalue weighted by molar-refractivity contribution is 0.728. The Labute approximate surface area is 112 Å². The highest BCUT2D eigenvalue weighted by Crippen LogP contribution is 2.23. The molecule has 3 rings (SSSR count). The lowest BCUT2D eigenvalue weighted by Gasteiger charge is -2.11. The summed E-state index contributed by atoms with van der Waals surface area (Å²) >= 11 is 0. The lowest BCUT2D eigenvalue weighted by Crippen LogP contribution is -2.16. The number of rotatable bonds is 2. The fourth-order valence-corrected chi connectivity index (χ4v) is 2.42. The third kappa shape index (κ3) is 2.02. The third-order valence-electron chi connectivity index (χ3n) is 3.51. The van der Waals surface area contributed by atoms with Crippen LogP contribution < -0.4 is 5.73 Å². The van der Waals surface area contributed by atoms with E-state index in [4.69, 9.17) is 5.73 Å². The zero-order chi connectivity index (χ0) is 13.4. The number of imidazole rings is 1. The summed E-state index contributed by atoms with van der Waals surface area (Å²) in [5.41, 5.74) is 10.8. The summed E-state index contributed by atoms with van der Waals surface area (Å²) in [6.45, 7) is 2.07. The van der Waals surface area contributed by atoms with E-state index >= 15 is 0 Å². The minimum absolute atomic E-state index is 0.195. The van der Waals surface area contributed by atoms with Gasteiger partial charge in [-0.1, -0.05) is 36.4 Å². The molecule has 1 atom stereocenters. The summed E-state index contributed by atoms with van der Waals surface area (Å²) in [5, 5.41) is 0. The summed E-state index contributed by atoms with van der Waals surface area (Å²) in [7, 11) is 2.02. The van der Waals surface area contributed by atoms with E-state index < -0.39 is 0 Å². The second-order valence-corrected chi connectivity index (χ2v) is 4.91. The number of nitrogens with two attached hydrogens (primary N) is 1. The van der Waals surface area contributed by atoms with Crippen LogP contribution in [0.4, 0.5) is 0 Å². The van der Waals surface area contributed by atoms with Crippen molar-refractivity contribution in [2.75, 3.05) is 0 Å². The summed E-state index contributed by atoms with van der Waals surface area (Å²) in [4.78, 5) is 4.69. The van der Waals surface area contributed by atoms with E-state index in [1.165, 1.54) is 5.56 Å². The number of hydrogen-bond acceptors (Lipinski definition) is 2.